The summed E-state index contributed by atoms with van der Waals surface area (Å²) < 4.78 is 0. The Morgan fingerprint density at radius 2 is 2.29 bits per heavy atom. The number of carbonyl (C=O) groups excluding carboxylic acids is 2. The number of urea groups is 1. The van der Waals surface area contributed by atoms with Crippen LogP contribution in [0.4, 0.5) is 4.79 Å². The zero-order valence-electron chi connectivity index (χ0n) is 12.0. The van der Waals surface area contributed by atoms with E-state index in [1.54, 1.807) is 11.1 Å². The molecule has 1 atom stereocenters. The van der Waals surface area contributed by atoms with E-state index in [4.69, 9.17) is 0 Å². The zero-order chi connectivity index (χ0) is 14.7. The summed E-state index contributed by atoms with van der Waals surface area (Å²) in [5, 5.41) is 9.75. The molecule has 7 heteroatoms. The standard InChI is InChI=1S/C14H21N5O2/c20-13(10-19-8-2-5-15-14(19)21)18-7-1-3-11(9-18)12-4-6-16-17-12/h4,6,11H,1-3,5,7-10H2,(H,15,21)(H,16,17)/t11-/m1/s1. The number of rotatable bonds is 3. The summed E-state index contributed by atoms with van der Waals surface area (Å²) in [4.78, 5) is 27.6. The van der Waals surface area contributed by atoms with Crippen LogP contribution in [-0.4, -0.2) is 64.7 Å². The van der Waals surface area contributed by atoms with Gasteiger partial charge in [0.2, 0.25) is 5.91 Å². The Labute approximate surface area is 123 Å². The highest BCUT2D eigenvalue weighted by atomic mass is 16.2. The molecule has 114 valence electrons. The summed E-state index contributed by atoms with van der Waals surface area (Å²) in [7, 11) is 0. The molecule has 0 radical (unpaired) electrons. The van der Waals surface area contributed by atoms with Gasteiger partial charge >= 0.3 is 6.03 Å². The molecule has 21 heavy (non-hydrogen) atoms. The highest BCUT2D eigenvalue weighted by molar-refractivity contribution is 5.84. The van der Waals surface area contributed by atoms with Gasteiger partial charge in [-0.05, 0) is 25.3 Å². The molecule has 0 aromatic carbocycles. The summed E-state index contributed by atoms with van der Waals surface area (Å²) in [5.74, 6) is 0.358. The van der Waals surface area contributed by atoms with E-state index in [0.717, 1.165) is 31.5 Å². The topological polar surface area (TPSA) is 81.3 Å². The minimum absolute atomic E-state index is 0.0382. The summed E-state index contributed by atoms with van der Waals surface area (Å²) in [6, 6.07) is 1.84. The Bertz CT molecular complexity index is 501. The van der Waals surface area contributed by atoms with Crippen molar-refractivity contribution in [3.05, 3.63) is 18.0 Å². The smallest absolute Gasteiger partial charge is 0.317 e. The maximum absolute atomic E-state index is 12.4. The molecule has 3 amide bonds. The molecular formula is C14H21N5O2. The van der Waals surface area contributed by atoms with Crippen LogP contribution >= 0.6 is 0 Å². The molecule has 1 aromatic heterocycles. The lowest BCUT2D eigenvalue weighted by molar-refractivity contribution is -0.133. The molecule has 0 saturated carbocycles. The van der Waals surface area contributed by atoms with E-state index < -0.39 is 0 Å². The van der Waals surface area contributed by atoms with Crippen molar-refractivity contribution in [3.8, 4) is 0 Å². The summed E-state index contributed by atoms with van der Waals surface area (Å²) >= 11 is 0. The van der Waals surface area contributed by atoms with Crippen molar-refractivity contribution >= 4 is 11.9 Å². The number of nitrogens with one attached hydrogen (secondary N) is 2. The first-order chi connectivity index (χ1) is 10.2. The molecule has 3 rings (SSSR count). The van der Waals surface area contributed by atoms with Gasteiger partial charge in [0.05, 0.1) is 0 Å². The Morgan fingerprint density at radius 3 is 3.05 bits per heavy atom. The SMILES string of the molecule is O=C(CN1CCCNC1=O)N1CCC[C@@H](c2ccn[nH]2)C1. The quantitative estimate of drug-likeness (QED) is 0.852. The van der Waals surface area contributed by atoms with Crippen molar-refractivity contribution in [2.75, 3.05) is 32.7 Å². The van der Waals surface area contributed by atoms with E-state index in [-0.39, 0.29) is 18.5 Å². The first kappa shape index (κ1) is 13.9. The van der Waals surface area contributed by atoms with Crippen LogP contribution < -0.4 is 5.32 Å². The van der Waals surface area contributed by atoms with Gasteiger partial charge in [-0.25, -0.2) is 4.79 Å². The number of likely N-dealkylation sites (tertiary alicyclic amines) is 1. The fourth-order valence-corrected chi connectivity index (χ4v) is 3.04. The second kappa shape index (κ2) is 6.15. The molecule has 3 heterocycles. The van der Waals surface area contributed by atoms with Crippen molar-refractivity contribution < 1.29 is 9.59 Å². The van der Waals surface area contributed by atoms with Crippen LogP contribution in [0.3, 0.4) is 0 Å². The first-order valence-corrected chi connectivity index (χ1v) is 7.54. The van der Waals surface area contributed by atoms with Gasteiger partial charge in [0, 0.05) is 44.0 Å². The van der Waals surface area contributed by atoms with Crippen molar-refractivity contribution in [1.29, 1.82) is 0 Å². The Hall–Kier alpha value is -2.05. The van der Waals surface area contributed by atoms with E-state index >= 15 is 0 Å². The average molecular weight is 291 g/mol. The van der Waals surface area contributed by atoms with E-state index in [1.165, 1.54) is 0 Å². The van der Waals surface area contributed by atoms with Gasteiger partial charge in [-0.15, -0.1) is 0 Å². The predicted molar refractivity (Wildman–Crippen MR) is 76.7 cm³/mol. The second-order valence-electron chi connectivity index (χ2n) is 5.70. The Balaban J connectivity index is 1.58. The van der Waals surface area contributed by atoms with E-state index in [9.17, 15) is 9.59 Å². The third-order valence-electron chi connectivity index (χ3n) is 4.23. The van der Waals surface area contributed by atoms with Crippen LogP contribution in [0.15, 0.2) is 12.3 Å². The number of amides is 3. The largest absolute Gasteiger partial charge is 0.340 e. The van der Waals surface area contributed by atoms with Crippen LogP contribution in [0.25, 0.3) is 0 Å². The third kappa shape index (κ3) is 3.17. The molecule has 2 N–H and O–H groups in total. The van der Waals surface area contributed by atoms with Crippen molar-refractivity contribution in [1.82, 2.24) is 25.3 Å². The highest BCUT2D eigenvalue weighted by Crippen LogP contribution is 2.25. The van der Waals surface area contributed by atoms with Crippen LogP contribution in [0.2, 0.25) is 0 Å². The molecule has 7 nitrogen and oxygen atoms in total. The monoisotopic (exact) mass is 291 g/mol. The molecule has 2 saturated heterocycles. The van der Waals surface area contributed by atoms with E-state index in [0.29, 0.717) is 25.6 Å². The normalized spacial score (nSPS) is 23.0. The van der Waals surface area contributed by atoms with Crippen molar-refractivity contribution in [2.45, 2.75) is 25.2 Å². The summed E-state index contributed by atoms with van der Waals surface area (Å²) in [6.07, 6.45) is 4.70. The molecule has 2 aliphatic heterocycles. The number of hydrogen-bond donors (Lipinski definition) is 2. The highest BCUT2D eigenvalue weighted by Gasteiger charge is 2.28. The lowest BCUT2D eigenvalue weighted by Gasteiger charge is -2.34. The lowest BCUT2D eigenvalue weighted by Crippen LogP contribution is -2.51. The van der Waals surface area contributed by atoms with Crippen LogP contribution in [-0.2, 0) is 4.79 Å². The number of hydrogen-bond acceptors (Lipinski definition) is 3. The minimum Gasteiger partial charge on any atom is -0.340 e. The van der Waals surface area contributed by atoms with Gasteiger partial charge in [0.15, 0.2) is 0 Å². The number of aromatic amines is 1. The van der Waals surface area contributed by atoms with E-state index in [1.807, 2.05) is 11.0 Å². The van der Waals surface area contributed by atoms with Gasteiger partial charge in [0.25, 0.3) is 0 Å². The molecular weight excluding hydrogens is 270 g/mol. The van der Waals surface area contributed by atoms with Gasteiger partial charge in [-0.2, -0.15) is 5.10 Å². The molecule has 0 spiro atoms. The van der Waals surface area contributed by atoms with Gasteiger partial charge in [-0.3, -0.25) is 9.89 Å². The summed E-state index contributed by atoms with van der Waals surface area (Å²) in [5.41, 5.74) is 1.09. The van der Waals surface area contributed by atoms with Gasteiger partial charge in [0.1, 0.15) is 6.54 Å². The molecule has 0 aliphatic carbocycles. The maximum Gasteiger partial charge on any atom is 0.317 e. The van der Waals surface area contributed by atoms with Crippen molar-refractivity contribution in [2.24, 2.45) is 0 Å². The maximum atomic E-state index is 12.4. The number of H-pyrrole nitrogens is 1. The predicted octanol–water partition coefficient (Wildman–Crippen LogP) is 0.531. The molecule has 1 aromatic rings. The number of carbonyl (C=O) groups is 2. The first-order valence-electron chi connectivity index (χ1n) is 7.54. The number of piperidine rings is 1. The Morgan fingerprint density at radius 1 is 1.38 bits per heavy atom. The van der Waals surface area contributed by atoms with Crippen LogP contribution in [0.5, 0.6) is 0 Å². The fourth-order valence-electron chi connectivity index (χ4n) is 3.04. The van der Waals surface area contributed by atoms with Crippen LogP contribution in [0, 0.1) is 0 Å². The Kier molecular flexibility index (Phi) is 4.08. The number of nitrogens with zero attached hydrogens (tertiary/aromatic N) is 3. The number of aromatic nitrogens is 2. The van der Waals surface area contributed by atoms with Crippen LogP contribution in [0.1, 0.15) is 30.9 Å². The second-order valence-corrected chi connectivity index (χ2v) is 5.70. The van der Waals surface area contributed by atoms with Gasteiger partial charge < -0.3 is 15.1 Å². The van der Waals surface area contributed by atoms with Gasteiger partial charge in [-0.1, -0.05) is 0 Å². The fraction of sp³-hybridized carbons (Fsp3) is 0.643. The van der Waals surface area contributed by atoms with Crippen molar-refractivity contribution in [3.63, 3.8) is 0 Å². The minimum atomic E-state index is -0.128. The molecule has 2 aliphatic rings. The average Bonchev–Trinajstić information content (AvgIpc) is 3.04. The molecule has 0 bridgehead atoms. The lowest BCUT2D eigenvalue weighted by atomic mass is 9.95. The summed E-state index contributed by atoms with van der Waals surface area (Å²) in [6.45, 7) is 3.03. The van der Waals surface area contributed by atoms with E-state index in [2.05, 4.69) is 15.5 Å². The molecule has 0 unspecified atom stereocenters. The molecule has 2 fully saturated rings. The zero-order valence-corrected chi connectivity index (χ0v) is 12.0. The third-order valence-corrected chi connectivity index (χ3v) is 4.23.